The first-order chi connectivity index (χ1) is 9.65. The molecule has 1 saturated carbocycles. The van der Waals surface area contributed by atoms with Gasteiger partial charge in [-0.25, -0.2) is 4.79 Å². The van der Waals surface area contributed by atoms with E-state index >= 15 is 0 Å². The molecule has 0 aromatic heterocycles. The molecule has 1 heterocycles. The number of nitrogens with zero attached hydrogens (tertiary/aromatic N) is 1. The molecular formula is C17H24N2O. The lowest BCUT2D eigenvalue weighted by Gasteiger charge is -2.40. The first kappa shape index (κ1) is 13.5. The van der Waals surface area contributed by atoms with E-state index in [1.165, 1.54) is 17.5 Å². The van der Waals surface area contributed by atoms with Crippen molar-refractivity contribution in [2.75, 3.05) is 6.54 Å². The van der Waals surface area contributed by atoms with Crippen LogP contribution in [0.4, 0.5) is 4.79 Å². The standard InChI is InChI=1S/C17H24N2O/c1-12-5-7-14(8-6-12)16-13(2)4-3-11-19(16)17(20)18-15-9-10-15/h5-8,13,15-16H,3-4,9-11H2,1-2H3,(H,18,20)/t13-,16-/m1/s1. The van der Waals surface area contributed by atoms with Gasteiger partial charge in [-0.15, -0.1) is 0 Å². The van der Waals surface area contributed by atoms with Gasteiger partial charge in [0.25, 0.3) is 0 Å². The van der Waals surface area contributed by atoms with Gasteiger partial charge in [0.2, 0.25) is 0 Å². The van der Waals surface area contributed by atoms with Crippen molar-refractivity contribution in [2.24, 2.45) is 5.92 Å². The van der Waals surface area contributed by atoms with Crippen molar-refractivity contribution in [1.29, 1.82) is 0 Å². The topological polar surface area (TPSA) is 32.3 Å². The van der Waals surface area contributed by atoms with Crippen LogP contribution in [-0.2, 0) is 0 Å². The molecule has 0 unspecified atom stereocenters. The number of rotatable bonds is 2. The van der Waals surface area contributed by atoms with Crippen molar-refractivity contribution < 1.29 is 4.79 Å². The average Bonchev–Trinajstić information content (AvgIpc) is 3.23. The molecule has 1 aromatic carbocycles. The largest absolute Gasteiger partial charge is 0.335 e. The predicted octanol–water partition coefficient (Wildman–Crippen LogP) is 3.64. The molecule has 20 heavy (non-hydrogen) atoms. The Morgan fingerprint density at radius 1 is 1.20 bits per heavy atom. The molecule has 1 aliphatic heterocycles. The first-order valence-electron chi connectivity index (χ1n) is 7.79. The van der Waals surface area contributed by atoms with Gasteiger partial charge in [0.1, 0.15) is 0 Å². The van der Waals surface area contributed by atoms with Crippen LogP contribution < -0.4 is 5.32 Å². The number of nitrogens with one attached hydrogen (secondary N) is 1. The van der Waals surface area contributed by atoms with Crippen molar-refractivity contribution in [2.45, 2.75) is 51.6 Å². The van der Waals surface area contributed by atoms with Crippen LogP contribution >= 0.6 is 0 Å². The number of aryl methyl sites for hydroxylation is 1. The molecule has 2 atom stereocenters. The first-order valence-corrected chi connectivity index (χ1v) is 7.79. The molecule has 0 radical (unpaired) electrons. The number of carbonyl (C=O) groups is 1. The number of piperidine rings is 1. The Kier molecular flexibility index (Phi) is 3.68. The summed E-state index contributed by atoms with van der Waals surface area (Å²) in [5, 5.41) is 3.14. The minimum absolute atomic E-state index is 0.129. The van der Waals surface area contributed by atoms with E-state index in [1.54, 1.807) is 0 Å². The molecule has 1 aliphatic carbocycles. The average molecular weight is 272 g/mol. The van der Waals surface area contributed by atoms with Gasteiger partial charge in [-0.2, -0.15) is 0 Å². The van der Waals surface area contributed by atoms with Crippen LogP contribution in [0.5, 0.6) is 0 Å². The van der Waals surface area contributed by atoms with Crippen molar-refractivity contribution in [3.63, 3.8) is 0 Å². The summed E-state index contributed by atoms with van der Waals surface area (Å²) in [5.41, 5.74) is 2.54. The van der Waals surface area contributed by atoms with Crippen LogP contribution in [0.3, 0.4) is 0 Å². The van der Waals surface area contributed by atoms with Crippen LogP contribution in [-0.4, -0.2) is 23.5 Å². The summed E-state index contributed by atoms with van der Waals surface area (Å²) in [6, 6.07) is 9.44. The van der Waals surface area contributed by atoms with Gasteiger partial charge in [-0.1, -0.05) is 36.8 Å². The zero-order chi connectivity index (χ0) is 14.1. The SMILES string of the molecule is Cc1ccc([C@H]2[C@H](C)CCCN2C(=O)NC2CC2)cc1. The zero-order valence-electron chi connectivity index (χ0n) is 12.4. The Morgan fingerprint density at radius 3 is 2.55 bits per heavy atom. The summed E-state index contributed by atoms with van der Waals surface area (Å²) in [4.78, 5) is 14.5. The van der Waals surface area contributed by atoms with E-state index in [2.05, 4.69) is 48.3 Å². The zero-order valence-corrected chi connectivity index (χ0v) is 12.4. The maximum Gasteiger partial charge on any atom is 0.318 e. The third kappa shape index (κ3) is 2.82. The Balaban J connectivity index is 1.81. The van der Waals surface area contributed by atoms with Crippen molar-refractivity contribution in [3.8, 4) is 0 Å². The normalized spacial score (nSPS) is 26.4. The van der Waals surface area contributed by atoms with Gasteiger partial charge in [0, 0.05) is 12.6 Å². The van der Waals surface area contributed by atoms with E-state index in [1.807, 2.05) is 0 Å². The third-order valence-electron chi connectivity index (χ3n) is 4.52. The van der Waals surface area contributed by atoms with Crippen molar-refractivity contribution >= 4 is 6.03 Å². The molecule has 1 N–H and O–H groups in total. The number of hydrogen-bond donors (Lipinski definition) is 1. The number of urea groups is 1. The fraction of sp³-hybridized carbons (Fsp3) is 0.588. The Morgan fingerprint density at radius 2 is 1.90 bits per heavy atom. The van der Waals surface area contributed by atoms with Crippen molar-refractivity contribution in [1.82, 2.24) is 10.2 Å². The number of amides is 2. The van der Waals surface area contributed by atoms with Gasteiger partial charge in [-0.3, -0.25) is 0 Å². The Labute approximate surface area is 121 Å². The highest BCUT2D eigenvalue weighted by Crippen LogP contribution is 2.36. The minimum Gasteiger partial charge on any atom is -0.335 e. The molecule has 1 aromatic rings. The fourth-order valence-electron chi connectivity index (χ4n) is 3.17. The number of carbonyl (C=O) groups excluding carboxylic acids is 1. The number of likely N-dealkylation sites (tertiary alicyclic amines) is 1. The lowest BCUT2D eigenvalue weighted by Crippen LogP contribution is -2.47. The van der Waals surface area contributed by atoms with E-state index in [4.69, 9.17) is 0 Å². The van der Waals surface area contributed by atoms with Crippen LogP contribution in [0.25, 0.3) is 0 Å². The minimum atomic E-state index is 0.129. The smallest absolute Gasteiger partial charge is 0.318 e. The highest BCUT2D eigenvalue weighted by atomic mass is 16.2. The van der Waals surface area contributed by atoms with E-state index in [-0.39, 0.29) is 12.1 Å². The molecule has 3 heteroatoms. The summed E-state index contributed by atoms with van der Waals surface area (Å²) < 4.78 is 0. The maximum absolute atomic E-state index is 12.5. The monoisotopic (exact) mass is 272 g/mol. The van der Waals surface area contributed by atoms with Gasteiger partial charge < -0.3 is 10.2 Å². The van der Waals surface area contributed by atoms with E-state index < -0.39 is 0 Å². The quantitative estimate of drug-likeness (QED) is 0.876. The summed E-state index contributed by atoms with van der Waals surface area (Å²) in [7, 11) is 0. The Bertz CT molecular complexity index is 478. The van der Waals surface area contributed by atoms with Crippen LogP contribution in [0.2, 0.25) is 0 Å². The van der Waals surface area contributed by atoms with E-state index in [0.29, 0.717) is 12.0 Å². The molecule has 1 saturated heterocycles. The molecule has 2 amide bonds. The van der Waals surface area contributed by atoms with Crippen LogP contribution in [0, 0.1) is 12.8 Å². The molecule has 108 valence electrons. The second-order valence-electron chi connectivity index (χ2n) is 6.39. The Hall–Kier alpha value is -1.51. The summed E-state index contributed by atoms with van der Waals surface area (Å²) in [5.74, 6) is 0.524. The lowest BCUT2D eigenvalue weighted by atomic mass is 9.86. The highest BCUT2D eigenvalue weighted by Gasteiger charge is 2.35. The third-order valence-corrected chi connectivity index (χ3v) is 4.52. The van der Waals surface area contributed by atoms with Gasteiger partial charge in [-0.05, 0) is 44.1 Å². The van der Waals surface area contributed by atoms with Gasteiger partial charge in [0.15, 0.2) is 0 Å². The van der Waals surface area contributed by atoms with E-state index in [9.17, 15) is 4.79 Å². The van der Waals surface area contributed by atoms with Crippen LogP contribution in [0.1, 0.15) is 49.8 Å². The molecule has 3 rings (SSSR count). The summed E-state index contributed by atoms with van der Waals surface area (Å²) >= 11 is 0. The van der Waals surface area contributed by atoms with Crippen LogP contribution in [0.15, 0.2) is 24.3 Å². The number of benzene rings is 1. The second kappa shape index (κ2) is 5.47. The predicted molar refractivity (Wildman–Crippen MR) is 80.6 cm³/mol. The van der Waals surface area contributed by atoms with Gasteiger partial charge >= 0.3 is 6.03 Å². The molecule has 0 spiro atoms. The highest BCUT2D eigenvalue weighted by molar-refractivity contribution is 5.75. The molecule has 0 bridgehead atoms. The molecular weight excluding hydrogens is 248 g/mol. The number of hydrogen-bond acceptors (Lipinski definition) is 1. The fourth-order valence-corrected chi connectivity index (χ4v) is 3.17. The molecule has 2 aliphatic rings. The van der Waals surface area contributed by atoms with Gasteiger partial charge in [0.05, 0.1) is 6.04 Å². The molecule has 3 nitrogen and oxygen atoms in total. The summed E-state index contributed by atoms with van der Waals surface area (Å²) in [6.07, 6.45) is 4.60. The molecule has 2 fully saturated rings. The second-order valence-corrected chi connectivity index (χ2v) is 6.39. The lowest BCUT2D eigenvalue weighted by molar-refractivity contribution is 0.119. The maximum atomic E-state index is 12.5. The summed E-state index contributed by atoms with van der Waals surface area (Å²) in [6.45, 7) is 5.24. The van der Waals surface area contributed by atoms with Crippen molar-refractivity contribution in [3.05, 3.63) is 35.4 Å². The van der Waals surface area contributed by atoms with E-state index in [0.717, 1.165) is 25.8 Å².